The summed E-state index contributed by atoms with van der Waals surface area (Å²) in [4.78, 5) is 0. The zero-order chi connectivity index (χ0) is 24.1. The molecule has 30 heavy (non-hydrogen) atoms. The molecule has 0 nitrogen and oxygen atoms in total. The van der Waals surface area contributed by atoms with Crippen LogP contribution >= 0.6 is 162 Å². The third kappa shape index (κ3) is 5.98. The van der Waals surface area contributed by atoms with E-state index in [0.29, 0.717) is 12.0 Å². The molecule has 1 aromatic carbocycles. The van der Waals surface area contributed by atoms with E-state index in [1.165, 1.54) is 18.2 Å². The maximum Gasteiger partial charge on any atom is 0.226 e. The molecular weight excluding hydrogens is 689 g/mol. The third-order valence-electron chi connectivity index (χ3n) is 3.97. The van der Waals surface area contributed by atoms with Crippen molar-refractivity contribution in [2.24, 2.45) is 5.92 Å². The first-order valence-electron chi connectivity index (χ1n) is 7.81. The van der Waals surface area contributed by atoms with E-state index < -0.39 is 24.9 Å². The Labute approximate surface area is 245 Å². The van der Waals surface area contributed by atoms with Crippen LogP contribution in [0.1, 0.15) is 30.5 Å². The Hall–Kier alpha value is 3.28. The van der Waals surface area contributed by atoms with Gasteiger partial charge in [0.1, 0.15) is 0 Å². The molecule has 0 fully saturated rings. The molecule has 0 radical (unpaired) electrons. The van der Waals surface area contributed by atoms with Crippen molar-refractivity contribution < 1.29 is 0 Å². The second-order valence-electron chi connectivity index (χ2n) is 6.72. The van der Waals surface area contributed by atoms with E-state index in [2.05, 4.69) is 0 Å². The zero-order valence-electron chi connectivity index (χ0n) is 14.8. The van der Waals surface area contributed by atoms with Crippen LogP contribution in [0.2, 0.25) is 0 Å². The molecule has 0 aromatic heterocycles. The van der Waals surface area contributed by atoms with E-state index in [1.807, 2.05) is 13.8 Å². The van der Waals surface area contributed by atoms with Crippen molar-refractivity contribution in [3.8, 4) is 0 Å². The first-order valence-corrected chi connectivity index (χ1v) is 13.1. The molecular formula is C16H12Cl14. The molecule has 0 spiro atoms. The lowest BCUT2D eigenvalue weighted by Gasteiger charge is -2.42. The molecule has 174 valence electrons. The second kappa shape index (κ2) is 10.3. The van der Waals surface area contributed by atoms with Crippen LogP contribution < -0.4 is 0 Å². The van der Waals surface area contributed by atoms with Crippen LogP contribution in [0.25, 0.3) is 0 Å². The first-order chi connectivity index (χ1) is 13.0. The molecule has 14 heteroatoms. The Morgan fingerprint density at radius 3 is 1.13 bits per heavy atom. The Kier molecular flexibility index (Phi) is 10.8. The molecule has 0 atom stereocenters. The first kappa shape index (κ1) is 31.3. The minimum atomic E-state index is -2.31. The van der Waals surface area contributed by atoms with E-state index in [4.69, 9.17) is 162 Å². The maximum atomic E-state index is 6.57. The summed E-state index contributed by atoms with van der Waals surface area (Å²) < 4.78 is -13.5. The van der Waals surface area contributed by atoms with Gasteiger partial charge in [-0.3, -0.25) is 0 Å². The van der Waals surface area contributed by atoms with Crippen LogP contribution in [-0.4, -0.2) is 16.3 Å². The van der Waals surface area contributed by atoms with Crippen molar-refractivity contribution in [3.63, 3.8) is 0 Å². The van der Waals surface area contributed by atoms with Crippen molar-refractivity contribution in [2.45, 2.75) is 45.2 Å². The molecule has 1 rings (SSSR count). The highest BCUT2D eigenvalue weighted by Gasteiger charge is 2.64. The topological polar surface area (TPSA) is 0 Å². The van der Waals surface area contributed by atoms with Gasteiger partial charge >= 0.3 is 0 Å². The quantitative estimate of drug-likeness (QED) is 0.259. The Balaban J connectivity index is 3.93. The fourth-order valence-electron chi connectivity index (χ4n) is 2.50. The average molecular weight is 701 g/mol. The van der Waals surface area contributed by atoms with Crippen LogP contribution in [0.4, 0.5) is 0 Å². The normalized spacial score (nSPS) is 15.1. The van der Waals surface area contributed by atoms with Gasteiger partial charge < -0.3 is 0 Å². The SMILES string of the molecule is CC(C)Cc1c(C(Cl)(Cl)C(Cl)(Cl)C(Cl)(Cl)Cl)cccc1C(Cl)(Cl)C(Cl)(Cl)C(Cl)(Cl)Cl. The van der Waals surface area contributed by atoms with E-state index in [-0.39, 0.29) is 17.0 Å². The van der Waals surface area contributed by atoms with Gasteiger partial charge in [0.2, 0.25) is 16.3 Å². The van der Waals surface area contributed by atoms with Gasteiger partial charge in [-0.2, -0.15) is 0 Å². The molecule has 0 unspecified atom stereocenters. The fraction of sp³-hybridized carbons (Fsp3) is 0.625. The number of halogens is 14. The number of hydrogen-bond donors (Lipinski definition) is 0. The lowest BCUT2D eigenvalue weighted by molar-refractivity contribution is 0.609. The summed E-state index contributed by atoms with van der Waals surface area (Å²) >= 11 is 87.1. The van der Waals surface area contributed by atoms with Crippen LogP contribution in [0, 0.1) is 5.92 Å². The molecule has 0 aliphatic heterocycles. The van der Waals surface area contributed by atoms with Crippen molar-refractivity contribution in [1.82, 2.24) is 0 Å². The molecule has 1 aromatic rings. The van der Waals surface area contributed by atoms with Gasteiger partial charge in [0.05, 0.1) is 0 Å². The standard InChI is InChI=1S/C16H12Cl14/c1-7(2)6-8-9(11(17,18)13(21,22)15(25,26)27)4-3-5-10(8)12(19,20)14(23,24)16(28,29)30/h3-5,7H,6H2,1-2H3. The lowest BCUT2D eigenvalue weighted by atomic mass is 9.88. The predicted octanol–water partition coefficient (Wildman–Crippen LogP) is 11.2. The predicted molar refractivity (Wildman–Crippen MR) is 141 cm³/mol. The van der Waals surface area contributed by atoms with E-state index in [0.717, 1.165) is 0 Å². The average Bonchev–Trinajstić information content (AvgIpc) is 2.51. The van der Waals surface area contributed by atoms with Gasteiger partial charge in [-0.15, -0.1) is 0 Å². The van der Waals surface area contributed by atoms with Gasteiger partial charge in [-0.05, 0) is 29.0 Å². The summed E-state index contributed by atoms with van der Waals surface area (Å²) in [5.41, 5.74) is 0.669. The van der Waals surface area contributed by atoms with Gasteiger partial charge in [0, 0.05) is 0 Å². The highest BCUT2D eigenvalue weighted by atomic mass is 35.6. The summed E-state index contributed by atoms with van der Waals surface area (Å²) in [6.07, 6.45) is 0.307. The summed E-state index contributed by atoms with van der Waals surface area (Å²) in [6.45, 7) is 3.81. The molecule has 0 aliphatic carbocycles. The molecule has 0 amide bonds. The van der Waals surface area contributed by atoms with Gasteiger partial charge in [-0.1, -0.05) is 194 Å². The zero-order valence-corrected chi connectivity index (χ0v) is 25.4. The van der Waals surface area contributed by atoms with Crippen LogP contribution in [-0.2, 0) is 15.1 Å². The van der Waals surface area contributed by atoms with Crippen molar-refractivity contribution in [3.05, 3.63) is 34.9 Å². The van der Waals surface area contributed by atoms with Crippen LogP contribution in [0.5, 0.6) is 0 Å². The summed E-state index contributed by atoms with van der Waals surface area (Å²) in [6, 6.07) is 4.53. The summed E-state index contributed by atoms with van der Waals surface area (Å²) in [5, 5.41) is 0. The van der Waals surface area contributed by atoms with E-state index in [9.17, 15) is 0 Å². The Morgan fingerprint density at radius 1 is 0.600 bits per heavy atom. The molecule has 0 saturated heterocycles. The minimum absolute atomic E-state index is 0.0267. The van der Waals surface area contributed by atoms with Crippen LogP contribution in [0.3, 0.4) is 0 Å². The highest BCUT2D eigenvalue weighted by molar-refractivity contribution is 6.79. The molecule has 0 bridgehead atoms. The van der Waals surface area contributed by atoms with Crippen molar-refractivity contribution >= 4 is 162 Å². The van der Waals surface area contributed by atoms with Gasteiger partial charge in [-0.25, -0.2) is 0 Å². The number of alkyl halides is 14. The Morgan fingerprint density at radius 2 is 0.900 bits per heavy atom. The molecule has 0 aliphatic rings. The molecule has 0 heterocycles. The fourth-order valence-corrected chi connectivity index (χ4v) is 5.61. The van der Waals surface area contributed by atoms with Gasteiger partial charge in [0.25, 0.3) is 0 Å². The third-order valence-corrected chi connectivity index (χ3v) is 11.8. The highest BCUT2D eigenvalue weighted by Crippen LogP contribution is 2.64. The molecule has 0 saturated carbocycles. The van der Waals surface area contributed by atoms with Crippen molar-refractivity contribution in [2.75, 3.05) is 0 Å². The lowest BCUT2D eigenvalue weighted by Crippen LogP contribution is -2.47. The monoisotopic (exact) mass is 694 g/mol. The largest absolute Gasteiger partial charge is 0.226 e. The summed E-state index contributed by atoms with van der Waals surface area (Å²) in [7, 11) is 0. The Bertz CT molecular complexity index is 698. The number of rotatable bonds is 6. The number of hydrogen-bond acceptors (Lipinski definition) is 0. The van der Waals surface area contributed by atoms with Crippen LogP contribution in [0.15, 0.2) is 18.2 Å². The number of benzene rings is 1. The summed E-state index contributed by atoms with van der Waals surface area (Å²) in [5.74, 6) is 0.0267. The van der Waals surface area contributed by atoms with E-state index >= 15 is 0 Å². The van der Waals surface area contributed by atoms with E-state index in [1.54, 1.807) is 0 Å². The van der Waals surface area contributed by atoms with Gasteiger partial charge in [0.15, 0.2) is 8.67 Å². The van der Waals surface area contributed by atoms with Crippen molar-refractivity contribution in [1.29, 1.82) is 0 Å². The maximum absolute atomic E-state index is 6.57. The molecule has 0 N–H and O–H groups in total. The second-order valence-corrected chi connectivity index (χ2v) is 16.6. The smallest absolute Gasteiger partial charge is 0.0930 e. The minimum Gasteiger partial charge on any atom is -0.0930 e.